The molecule has 0 saturated heterocycles. The summed E-state index contributed by atoms with van der Waals surface area (Å²) < 4.78 is 0. The van der Waals surface area contributed by atoms with Gasteiger partial charge in [0, 0.05) is 12.6 Å². The molecule has 0 aromatic heterocycles. The van der Waals surface area contributed by atoms with Crippen LogP contribution < -0.4 is 0 Å². The lowest BCUT2D eigenvalue weighted by Crippen LogP contribution is -2.34. The molecule has 86 valence electrons. The fourth-order valence-electron chi connectivity index (χ4n) is 1.53. The van der Waals surface area contributed by atoms with Crippen molar-refractivity contribution in [2.75, 3.05) is 13.6 Å². The average Bonchev–Trinajstić information content (AvgIpc) is 1.97. The second-order valence-electron chi connectivity index (χ2n) is 5.52. The summed E-state index contributed by atoms with van der Waals surface area (Å²) >= 11 is 0. The van der Waals surface area contributed by atoms with Crippen LogP contribution >= 0.6 is 0 Å². The van der Waals surface area contributed by atoms with Crippen LogP contribution in [0.5, 0.6) is 0 Å². The van der Waals surface area contributed by atoms with Crippen LogP contribution in [-0.2, 0) is 0 Å². The quantitative estimate of drug-likeness (QED) is 0.714. The zero-order valence-corrected chi connectivity index (χ0v) is 10.7. The smallest absolute Gasteiger partial charge is 0.0603 e. The summed E-state index contributed by atoms with van der Waals surface area (Å²) in [5.41, 5.74) is -0.536. The van der Waals surface area contributed by atoms with Crippen LogP contribution in [0.25, 0.3) is 0 Å². The Balaban J connectivity index is 3.78. The lowest BCUT2D eigenvalue weighted by atomic mass is 10.0. The highest BCUT2D eigenvalue weighted by molar-refractivity contribution is 4.71. The van der Waals surface area contributed by atoms with Crippen molar-refractivity contribution in [1.82, 2.24) is 4.90 Å². The third kappa shape index (κ3) is 7.34. The molecule has 0 heterocycles. The monoisotopic (exact) mass is 201 g/mol. The number of hydrogen-bond acceptors (Lipinski definition) is 2. The Labute approximate surface area is 89.3 Å². The number of hydrogen-bond donors (Lipinski definition) is 1. The highest BCUT2D eigenvalue weighted by Crippen LogP contribution is 2.13. The average molecular weight is 201 g/mol. The van der Waals surface area contributed by atoms with E-state index in [1.165, 1.54) is 6.42 Å². The Kier molecular flexibility index (Phi) is 5.68. The summed E-state index contributed by atoms with van der Waals surface area (Å²) in [7, 11) is 2.14. The fourth-order valence-corrected chi connectivity index (χ4v) is 1.53. The highest BCUT2D eigenvalue weighted by Gasteiger charge is 2.16. The molecule has 0 aromatic rings. The molecular weight excluding hydrogens is 174 g/mol. The third-order valence-electron chi connectivity index (χ3n) is 2.64. The van der Waals surface area contributed by atoms with E-state index in [2.05, 4.69) is 32.7 Å². The maximum atomic E-state index is 9.60. The van der Waals surface area contributed by atoms with Gasteiger partial charge in [-0.1, -0.05) is 13.8 Å². The minimum absolute atomic E-state index is 0.536. The van der Waals surface area contributed by atoms with Crippen molar-refractivity contribution in [2.24, 2.45) is 5.92 Å². The van der Waals surface area contributed by atoms with E-state index in [0.29, 0.717) is 6.04 Å². The van der Waals surface area contributed by atoms with Crippen molar-refractivity contribution in [1.29, 1.82) is 0 Å². The Hall–Kier alpha value is -0.0800. The minimum Gasteiger partial charge on any atom is -0.390 e. The first kappa shape index (κ1) is 13.9. The van der Waals surface area contributed by atoms with Crippen LogP contribution in [-0.4, -0.2) is 35.2 Å². The molecule has 1 N–H and O–H groups in total. The maximum Gasteiger partial charge on any atom is 0.0603 e. The topological polar surface area (TPSA) is 23.5 Å². The van der Waals surface area contributed by atoms with Crippen molar-refractivity contribution in [3.05, 3.63) is 0 Å². The van der Waals surface area contributed by atoms with Gasteiger partial charge in [-0.25, -0.2) is 0 Å². The van der Waals surface area contributed by atoms with Gasteiger partial charge >= 0.3 is 0 Å². The summed E-state index contributed by atoms with van der Waals surface area (Å²) in [5, 5.41) is 9.60. The number of aliphatic hydroxyl groups is 1. The van der Waals surface area contributed by atoms with Crippen LogP contribution in [0.2, 0.25) is 0 Å². The molecule has 0 radical (unpaired) electrons. The standard InChI is InChI=1S/C12H27NO/c1-10(2)9-11(3)13(6)8-7-12(4,5)14/h10-11,14H,7-9H2,1-6H3. The highest BCUT2D eigenvalue weighted by atomic mass is 16.3. The molecule has 0 amide bonds. The van der Waals surface area contributed by atoms with E-state index in [9.17, 15) is 5.11 Å². The molecule has 0 aliphatic carbocycles. The van der Waals surface area contributed by atoms with E-state index >= 15 is 0 Å². The van der Waals surface area contributed by atoms with Gasteiger partial charge in [-0.3, -0.25) is 0 Å². The summed E-state index contributed by atoms with van der Waals surface area (Å²) in [5.74, 6) is 0.745. The van der Waals surface area contributed by atoms with E-state index in [1.807, 2.05) is 13.8 Å². The first-order chi connectivity index (χ1) is 6.22. The minimum atomic E-state index is -0.536. The van der Waals surface area contributed by atoms with Gasteiger partial charge in [0.05, 0.1) is 5.60 Å². The lowest BCUT2D eigenvalue weighted by Gasteiger charge is -2.28. The summed E-state index contributed by atoms with van der Waals surface area (Å²) in [4.78, 5) is 2.33. The van der Waals surface area contributed by atoms with Gasteiger partial charge in [-0.05, 0) is 46.6 Å². The van der Waals surface area contributed by atoms with E-state index < -0.39 is 5.60 Å². The molecule has 0 aliphatic heterocycles. The molecule has 0 aliphatic rings. The van der Waals surface area contributed by atoms with Crippen LogP contribution in [0.1, 0.15) is 47.5 Å². The first-order valence-electron chi connectivity index (χ1n) is 5.65. The molecule has 0 aromatic carbocycles. The zero-order chi connectivity index (χ0) is 11.4. The summed E-state index contributed by atoms with van der Waals surface area (Å²) in [6, 6.07) is 0.609. The van der Waals surface area contributed by atoms with E-state index in [1.54, 1.807) is 0 Å². The second-order valence-corrected chi connectivity index (χ2v) is 5.52. The van der Waals surface area contributed by atoms with Crippen LogP contribution in [0, 0.1) is 5.92 Å². The molecule has 0 rings (SSSR count). The van der Waals surface area contributed by atoms with Crippen LogP contribution in [0.3, 0.4) is 0 Å². The Bertz CT molecular complexity index is 149. The zero-order valence-electron chi connectivity index (χ0n) is 10.7. The van der Waals surface area contributed by atoms with Gasteiger partial charge in [0.15, 0.2) is 0 Å². The van der Waals surface area contributed by atoms with Gasteiger partial charge in [0.2, 0.25) is 0 Å². The molecule has 2 nitrogen and oxygen atoms in total. The van der Waals surface area contributed by atoms with Crippen molar-refractivity contribution in [2.45, 2.75) is 59.1 Å². The Morgan fingerprint density at radius 3 is 2.07 bits per heavy atom. The van der Waals surface area contributed by atoms with Crippen molar-refractivity contribution >= 4 is 0 Å². The number of rotatable bonds is 6. The summed E-state index contributed by atoms with van der Waals surface area (Å²) in [6.45, 7) is 11.5. The first-order valence-corrected chi connectivity index (χ1v) is 5.65. The normalized spacial score (nSPS) is 15.2. The van der Waals surface area contributed by atoms with E-state index in [4.69, 9.17) is 0 Å². The van der Waals surface area contributed by atoms with Crippen LogP contribution in [0.4, 0.5) is 0 Å². The SMILES string of the molecule is CC(C)CC(C)N(C)CCC(C)(C)O. The number of nitrogens with zero attached hydrogens (tertiary/aromatic N) is 1. The lowest BCUT2D eigenvalue weighted by molar-refractivity contribution is 0.0553. The second kappa shape index (κ2) is 5.72. The molecule has 1 atom stereocenters. The molecule has 0 spiro atoms. The van der Waals surface area contributed by atoms with E-state index in [0.717, 1.165) is 18.9 Å². The predicted octanol–water partition coefficient (Wildman–Crippen LogP) is 2.51. The molecule has 0 bridgehead atoms. The van der Waals surface area contributed by atoms with Gasteiger partial charge < -0.3 is 10.0 Å². The Morgan fingerprint density at radius 1 is 1.21 bits per heavy atom. The fraction of sp³-hybridized carbons (Fsp3) is 1.00. The van der Waals surface area contributed by atoms with E-state index in [-0.39, 0.29) is 0 Å². The van der Waals surface area contributed by atoms with Crippen molar-refractivity contribution in [3.63, 3.8) is 0 Å². The van der Waals surface area contributed by atoms with Gasteiger partial charge in [-0.2, -0.15) is 0 Å². The maximum absolute atomic E-state index is 9.60. The molecule has 0 fully saturated rings. The van der Waals surface area contributed by atoms with Gasteiger partial charge in [0.1, 0.15) is 0 Å². The van der Waals surface area contributed by atoms with Crippen molar-refractivity contribution < 1.29 is 5.11 Å². The molecule has 0 saturated carbocycles. The van der Waals surface area contributed by atoms with Crippen LogP contribution in [0.15, 0.2) is 0 Å². The largest absolute Gasteiger partial charge is 0.390 e. The molecule has 1 unspecified atom stereocenters. The predicted molar refractivity (Wildman–Crippen MR) is 62.5 cm³/mol. The Morgan fingerprint density at radius 2 is 1.71 bits per heavy atom. The summed E-state index contributed by atoms with van der Waals surface area (Å²) in [6.07, 6.45) is 2.06. The molecule has 2 heteroatoms. The van der Waals surface area contributed by atoms with Crippen molar-refractivity contribution in [3.8, 4) is 0 Å². The van der Waals surface area contributed by atoms with Gasteiger partial charge in [-0.15, -0.1) is 0 Å². The molecule has 14 heavy (non-hydrogen) atoms. The molecular formula is C12H27NO. The third-order valence-corrected chi connectivity index (χ3v) is 2.64. The van der Waals surface area contributed by atoms with Gasteiger partial charge in [0.25, 0.3) is 0 Å².